The lowest BCUT2D eigenvalue weighted by Crippen LogP contribution is -2.18. The number of hydrogen-bond donors (Lipinski definition) is 1. The van der Waals surface area contributed by atoms with Crippen LogP contribution in [0.1, 0.15) is 58.4 Å². The first-order valence-electron chi connectivity index (χ1n) is 8.54. The molecule has 3 nitrogen and oxygen atoms in total. The van der Waals surface area contributed by atoms with Crippen LogP contribution in [-0.2, 0) is 10.2 Å². The Kier molecular flexibility index (Phi) is 6.27. The van der Waals surface area contributed by atoms with Crippen molar-refractivity contribution in [3.63, 3.8) is 0 Å². The molecule has 3 heteroatoms. The van der Waals surface area contributed by atoms with Crippen molar-refractivity contribution in [1.82, 2.24) is 0 Å². The number of hydrogen-bond acceptors (Lipinski definition) is 3. The molecule has 1 fully saturated rings. The van der Waals surface area contributed by atoms with E-state index in [4.69, 9.17) is 9.47 Å². The van der Waals surface area contributed by atoms with Gasteiger partial charge in [0.2, 0.25) is 0 Å². The maximum atomic E-state index is 9.84. The molecule has 1 aliphatic rings. The van der Waals surface area contributed by atoms with Crippen LogP contribution in [0.25, 0.3) is 0 Å². The van der Waals surface area contributed by atoms with Gasteiger partial charge >= 0.3 is 0 Å². The maximum Gasteiger partial charge on any atom is 0.119 e. The number of ether oxygens (including phenoxy) is 2. The van der Waals surface area contributed by atoms with Gasteiger partial charge in [0.25, 0.3) is 0 Å². The zero-order valence-electron chi connectivity index (χ0n) is 14.2. The molecular weight excluding hydrogens is 276 g/mol. The summed E-state index contributed by atoms with van der Waals surface area (Å²) in [5, 5.41) is 9.84. The Bertz CT molecular complexity index is 434. The van der Waals surface area contributed by atoms with E-state index >= 15 is 0 Å². The fourth-order valence-electron chi connectivity index (χ4n) is 2.76. The van der Waals surface area contributed by atoms with Crippen molar-refractivity contribution in [1.29, 1.82) is 0 Å². The second-order valence-electron chi connectivity index (χ2n) is 7.01. The molecule has 1 N–H and O–H groups in total. The topological polar surface area (TPSA) is 42.0 Å². The van der Waals surface area contributed by atoms with Gasteiger partial charge in [0.1, 0.15) is 18.5 Å². The van der Waals surface area contributed by atoms with E-state index in [1.54, 1.807) is 0 Å². The normalized spacial score (nSPS) is 19.0. The zero-order chi connectivity index (χ0) is 16.0. The summed E-state index contributed by atoms with van der Waals surface area (Å²) in [6, 6.07) is 8.41. The third-order valence-corrected chi connectivity index (χ3v) is 4.44. The molecule has 124 valence electrons. The highest BCUT2D eigenvalue weighted by atomic mass is 16.6. The smallest absolute Gasteiger partial charge is 0.119 e. The lowest BCUT2D eigenvalue weighted by Gasteiger charge is -2.26. The fourth-order valence-corrected chi connectivity index (χ4v) is 2.76. The van der Waals surface area contributed by atoms with Gasteiger partial charge in [-0.1, -0.05) is 45.7 Å². The van der Waals surface area contributed by atoms with Crippen molar-refractivity contribution >= 4 is 0 Å². The lowest BCUT2D eigenvalue weighted by atomic mass is 9.80. The fraction of sp³-hybridized carbons (Fsp3) is 0.684. The highest BCUT2D eigenvalue weighted by molar-refractivity contribution is 5.31. The van der Waals surface area contributed by atoms with Crippen LogP contribution < -0.4 is 4.74 Å². The Morgan fingerprint density at radius 3 is 2.55 bits per heavy atom. The molecule has 2 unspecified atom stereocenters. The summed E-state index contributed by atoms with van der Waals surface area (Å²) >= 11 is 0. The zero-order valence-corrected chi connectivity index (χ0v) is 14.2. The molecule has 0 saturated carbocycles. The van der Waals surface area contributed by atoms with Gasteiger partial charge in [-0.3, -0.25) is 0 Å². The number of aliphatic hydroxyl groups is 1. The van der Waals surface area contributed by atoms with Crippen LogP contribution in [0, 0.1) is 0 Å². The largest absolute Gasteiger partial charge is 0.491 e. The third kappa shape index (κ3) is 5.62. The average Bonchev–Trinajstić information content (AvgIpc) is 3.30. The maximum absolute atomic E-state index is 9.84. The molecule has 0 radical (unpaired) electrons. The highest BCUT2D eigenvalue weighted by Crippen LogP contribution is 2.31. The summed E-state index contributed by atoms with van der Waals surface area (Å²) in [6.45, 7) is 8.14. The Balaban J connectivity index is 1.79. The minimum absolute atomic E-state index is 0.129. The Hall–Kier alpha value is -1.06. The Morgan fingerprint density at radius 2 is 1.95 bits per heavy atom. The van der Waals surface area contributed by atoms with Crippen LogP contribution in [-0.4, -0.2) is 30.5 Å². The van der Waals surface area contributed by atoms with E-state index in [0.29, 0.717) is 12.7 Å². The van der Waals surface area contributed by atoms with E-state index in [0.717, 1.165) is 44.5 Å². The predicted molar refractivity (Wildman–Crippen MR) is 89.5 cm³/mol. The van der Waals surface area contributed by atoms with Crippen molar-refractivity contribution in [2.45, 2.75) is 70.5 Å². The second kappa shape index (κ2) is 7.98. The van der Waals surface area contributed by atoms with Crippen molar-refractivity contribution in [3.8, 4) is 5.75 Å². The van der Waals surface area contributed by atoms with Crippen LogP contribution >= 0.6 is 0 Å². The van der Waals surface area contributed by atoms with Crippen LogP contribution in [0.2, 0.25) is 0 Å². The van der Waals surface area contributed by atoms with Gasteiger partial charge in [0, 0.05) is 0 Å². The molecular formula is C19H30O3. The van der Waals surface area contributed by atoms with Gasteiger partial charge in [-0.15, -0.1) is 0 Å². The van der Waals surface area contributed by atoms with Crippen molar-refractivity contribution < 1.29 is 14.6 Å². The monoisotopic (exact) mass is 306 g/mol. The van der Waals surface area contributed by atoms with Gasteiger partial charge in [-0.25, -0.2) is 0 Å². The SMILES string of the molecule is CCCC(O)CCCC(C)(C)c1ccc(OCC2CO2)cc1. The van der Waals surface area contributed by atoms with Gasteiger partial charge < -0.3 is 14.6 Å². The molecule has 0 bridgehead atoms. The summed E-state index contributed by atoms with van der Waals surface area (Å²) in [6.07, 6.45) is 5.18. The second-order valence-corrected chi connectivity index (χ2v) is 7.01. The molecule has 0 spiro atoms. The number of benzene rings is 1. The summed E-state index contributed by atoms with van der Waals surface area (Å²) in [5.41, 5.74) is 1.46. The molecule has 0 aliphatic carbocycles. The van der Waals surface area contributed by atoms with Crippen LogP contribution in [0.3, 0.4) is 0 Å². The molecule has 1 aromatic rings. The number of epoxide rings is 1. The molecule has 1 aromatic carbocycles. The van der Waals surface area contributed by atoms with E-state index in [-0.39, 0.29) is 11.5 Å². The average molecular weight is 306 g/mol. The van der Waals surface area contributed by atoms with E-state index < -0.39 is 0 Å². The van der Waals surface area contributed by atoms with Gasteiger partial charge in [0.15, 0.2) is 0 Å². The van der Waals surface area contributed by atoms with Crippen LogP contribution in [0.5, 0.6) is 5.75 Å². The predicted octanol–water partition coefficient (Wildman–Crippen LogP) is 4.07. The first-order valence-corrected chi connectivity index (χ1v) is 8.54. The van der Waals surface area contributed by atoms with Gasteiger partial charge in [-0.05, 0) is 42.4 Å². The van der Waals surface area contributed by atoms with E-state index in [2.05, 4.69) is 32.9 Å². The molecule has 1 heterocycles. The number of aliphatic hydroxyl groups excluding tert-OH is 1. The standard InChI is InChI=1S/C19H30O3/c1-4-6-16(20)7-5-12-19(2,3)15-8-10-17(11-9-15)21-13-18-14-22-18/h8-11,16,18,20H,4-7,12-14H2,1-3H3. The Labute approximate surface area is 134 Å². The molecule has 0 amide bonds. The molecule has 0 aromatic heterocycles. The summed E-state index contributed by atoms with van der Waals surface area (Å²) < 4.78 is 10.8. The molecule has 2 atom stereocenters. The third-order valence-electron chi connectivity index (χ3n) is 4.44. The van der Waals surface area contributed by atoms with Crippen molar-refractivity contribution in [2.24, 2.45) is 0 Å². The number of rotatable bonds is 10. The minimum Gasteiger partial charge on any atom is -0.491 e. The van der Waals surface area contributed by atoms with E-state index in [1.165, 1.54) is 5.56 Å². The summed E-state index contributed by atoms with van der Waals surface area (Å²) in [7, 11) is 0. The Morgan fingerprint density at radius 1 is 1.27 bits per heavy atom. The minimum atomic E-state index is -0.138. The van der Waals surface area contributed by atoms with Crippen molar-refractivity contribution in [2.75, 3.05) is 13.2 Å². The van der Waals surface area contributed by atoms with Gasteiger partial charge in [0.05, 0.1) is 12.7 Å². The lowest BCUT2D eigenvalue weighted by molar-refractivity contribution is 0.147. The first-order chi connectivity index (χ1) is 10.5. The van der Waals surface area contributed by atoms with Crippen molar-refractivity contribution in [3.05, 3.63) is 29.8 Å². The van der Waals surface area contributed by atoms with Gasteiger partial charge in [-0.2, -0.15) is 0 Å². The summed E-state index contributed by atoms with van der Waals surface area (Å²) in [5.74, 6) is 0.911. The molecule has 1 aliphatic heterocycles. The molecule has 2 rings (SSSR count). The van der Waals surface area contributed by atoms with Crippen LogP contribution in [0.4, 0.5) is 0 Å². The van der Waals surface area contributed by atoms with E-state index in [1.807, 2.05) is 12.1 Å². The quantitative estimate of drug-likeness (QED) is 0.662. The summed E-state index contributed by atoms with van der Waals surface area (Å²) in [4.78, 5) is 0. The molecule has 22 heavy (non-hydrogen) atoms. The van der Waals surface area contributed by atoms with Crippen LogP contribution in [0.15, 0.2) is 24.3 Å². The van der Waals surface area contributed by atoms with E-state index in [9.17, 15) is 5.11 Å². The highest BCUT2D eigenvalue weighted by Gasteiger charge is 2.23. The first kappa shape index (κ1) is 17.3. The molecule has 1 saturated heterocycles.